The lowest BCUT2D eigenvalue weighted by Crippen LogP contribution is -1.95. The van der Waals surface area contributed by atoms with Crippen LogP contribution in [0.15, 0.2) is 28.3 Å². The number of benzene rings is 1. The van der Waals surface area contributed by atoms with Gasteiger partial charge in [-0.3, -0.25) is 0 Å². The second-order valence-electron chi connectivity index (χ2n) is 3.37. The van der Waals surface area contributed by atoms with E-state index in [4.69, 9.17) is 5.73 Å². The van der Waals surface area contributed by atoms with Gasteiger partial charge in [-0.2, -0.15) is 0 Å². The molecule has 0 atom stereocenters. The van der Waals surface area contributed by atoms with Gasteiger partial charge in [0.05, 0.1) is 0 Å². The molecule has 6 heteroatoms. The molecule has 1 heterocycles. The summed E-state index contributed by atoms with van der Waals surface area (Å²) in [6.07, 6.45) is 0. The van der Waals surface area contributed by atoms with Crippen LogP contribution in [0.3, 0.4) is 0 Å². The molecule has 16 heavy (non-hydrogen) atoms. The minimum atomic E-state index is -0.310. The molecule has 0 amide bonds. The second-order valence-corrected chi connectivity index (χ2v) is 4.38. The number of nitrogens with zero attached hydrogens (tertiary/aromatic N) is 3. The van der Waals surface area contributed by atoms with Gasteiger partial charge in [0.2, 0.25) is 0 Å². The zero-order valence-corrected chi connectivity index (χ0v) is 9.75. The van der Waals surface area contributed by atoms with Crippen LogP contribution in [0.1, 0.15) is 5.82 Å². The number of aromatic nitrogens is 3. The van der Waals surface area contributed by atoms with Gasteiger partial charge < -0.3 is 10.3 Å². The lowest BCUT2D eigenvalue weighted by atomic mass is 10.3. The van der Waals surface area contributed by atoms with Gasteiger partial charge in [-0.25, -0.2) is 4.39 Å². The molecule has 1 aromatic carbocycles. The highest BCUT2D eigenvalue weighted by molar-refractivity contribution is 7.99. The summed E-state index contributed by atoms with van der Waals surface area (Å²) in [5.74, 6) is 0.494. The van der Waals surface area contributed by atoms with Crippen molar-refractivity contribution >= 4 is 17.4 Å². The van der Waals surface area contributed by atoms with E-state index in [0.29, 0.717) is 15.7 Å². The van der Waals surface area contributed by atoms with Crippen LogP contribution in [-0.4, -0.2) is 14.8 Å². The summed E-state index contributed by atoms with van der Waals surface area (Å²) in [5, 5.41) is 8.59. The van der Waals surface area contributed by atoms with E-state index in [0.717, 1.165) is 5.82 Å². The van der Waals surface area contributed by atoms with Crippen LogP contribution in [0, 0.1) is 12.7 Å². The van der Waals surface area contributed by atoms with Crippen molar-refractivity contribution in [3.63, 3.8) is 0 Å². The summed E-state index contributed by atoms with van der Waals surface area (Å²) in [6.45, 7) is 1.85. The first-order chi connectivity index (χ1) is 7.58. The average molecular weight is 238 g/mol. The van der Waals surface area contributed by atoms with E-state index in [1.807, 2.05) is 18.5 Å². The van der Waals surface area contributed by atoms with E-state index in [1.165, 1.54) is 23.9 Å². The second kappa shape index (κ2) is 4.13. The lowest BCUT2D eigenvalue weighted by Gasteiger charge is -2.04. The number of anilines is 1. The van der Waals surface area contributed by atoms with E-state index in [2.05, 4.69) is 10.2 Å². The Morgan fingerprint density at radius 3 is 2.75 bits per heavy atom. The van der Waals surface area contributed by atoms with Crippen molar-refractivity contribution in [2.75, 3.05) is 5.73 Å². The van der Waals surface area contributed by atoms with Gasteiger partial charge in [-0.05, 0) is 36.9 Å². The fourth-order valence-corrected chi connectivity index (χ4v) is 2.08. The fraction of sp³-hybridized carbons (Fsp3) is 0.200. The van der Waals surface area contributed by atoms with E-state index in [1.54, 1.807) is 6.07 Å². The highest BCUT2D eigenvalue weighted by Gasteiger charge is 2.09. The Morgan fingerprint density at radius 1 is 1.38 bits per heavy atom. The van der Waals surface area contributed by atoms with Crippen molar-refractivity contribution < 1.29 is 4.39 Å². The number of nitrogen functional groups attached to an aromatic ring is 1. The standard InChI is InChI=1S/C10H11FN4S/c1-6-13-14-10(15(6)2)16-9-5-7(11)3-4-8(9)12/h3-5H,12H2,1-2H3. The van der Waals surface area contributed by atoms with Crippen LogP contribution in [0.25, 0.3) is 0 Å². The first-order valence-corrected chi connectivity index (χ1v) is 5.48. The number of hydrogen-bond acceptors (Lipinski definition) is 4. The van der Waals surface area contributed by atoms with Gasteiger partial charge in [0.1, 0.15) is 11.6 Å². The quantitative estimate of drug-likeness (QED) is 0.813. The molecule has 0 radical (unpaired) electrons. The molecular weight excluding hydrogens is 227 g/mol. The van der Waals surface area contributed by atoms with Crippen LogP contribution in [0.5, 0.6) is 0 Å². The van der Waals surface area contributed by atoms with Crippen LogP contribution in [-0.2, 0) is 7.05 Å². The van der Waals surface area contributed by atoms with Crippen LogP contribution >= 0.6 is 11.8 Å². The molecule has 2 N–H and O–H groups in total. The molecule has 0 bridgehead atoms. The van der Waals surface area contributed by atoms with Gasteiger partial charge in [0.15, 0.2) is 5.16 Å². The first kappa shape index (κ1) is 10.9. The van der Waals surface area contributed by atoms with E-state index in [9.17, 15) is 4.39 Å². The van der Waals surface area contributed by atoms with Crippen molar-refractivity contribution in [1.82, 2.24) is 14.8 Å². The minimum absolute atomic E-state index is 0.310. The van der Waals surface area contributed by atoms with Gasteiger partial charge in [-0.1, -0.05) is 0 Å². The molecule has 84 valence electrons. The number of halogens is 1. The third-order valence-corrected chi connectivity index (χ3v) is 3.34. The van der Waals surface area contributed by atoms with Crippen molar-refractivity contribution in [3.05, 3.63) is 29.8 Å². The maximum atomic E-state index is 13.0. The summed E-state index contributed by atoms with van der Waals surface area (Å²) in [4.78, 5) is 0.649. The molecule has 2 rings (SSSR count). The monoisotopic (exact) mass is 238 g/mol. The Bertz CT molecular complexity index is 524. The molecule has 4 nitrogen and oxygen atoms in total. The Balaban J connectivity index is 2.33. The van der Waals surface area contributed by atoms with Crippen LogP contribution in [0.4, 0.5) is 10.1 Å². The molecule has 0 saturated heterocycles. The van der Waals surface area contributed by atoms with E-state index < -0.39 is 0 Å². The predicted molar refractivity (Wildman–Crippen MR) is 60.7 cm³/mol. The van der Waals surface area contributed by atoms with E-state index >= 15 is 0 Å². The zero-order chi connectivity index (χ0) is 11.7. The number of nitrogens with two attached hydrogens (primary N) is 1. The van der Waals surface area contributed by atoms with Crippen molar-refractivity contribution in [2.45, 2.75) is 17.0 Å². The molecular formula is C10H11FN4S. The van der Waals surface area contributed by atoms with Crippen LogP contribution < -0.4 is 5.73 Å². The summed E-state index contributed by atoms with van der Waals surface area (Å²) < 4.78 is 14.9. The highest BCUT2D eigenvalue weighted by Crippen LogP contribution is 2.31. The maximum Gasteiger partial charge on any atom is 0.195 e. The Morgan fingerprint density at radius 2 is 2.12 bits per heavy atom. The van der Waals surface area contributed by atoms with Gasteiger partial charge in [0.25, 0.3) is 0 Å². The maximum absolute atomic E-state index is 13.0. The molecule has 0 aliphatic rings. The summed E-state index contributed by atoms with van der Waals surface area (Å²) >= 11 is 1.30. The molecule has 0 aliphatic carbocycles. The summed E-state index contributed by atoms with van der Waals surface area (Å²) in [7, 11) is 1.85. The molecule has 0 saturated carbocycles. The number of aryl methyl sites for hydroxylation is 1. The van der Waals surface area contributed by atoms with Crippen molar-refractivity contribution in [2.24, 2.45) is 7.05 Å². The minimum Gasteiger partial charge on any atom is -0.398 e. The Labute approximate surface area is 96.7 Å². The lowest BCUT2D eigenvalue weighted by molar-refractivity contribution is 0.624. The number of hydrogen-bond donors (Lipinski definition) is 1. The smallest absolute Gasteiger partial charge is 0.195 e. The third kappa shape index (κ3) is 2.01. The SMILES string of the molecule is Cc1nnc(Sc2cc(F)ccc2N)n1C. The summed E-state index contributed by atoms with van der Waals surface area (Å²) in [6, 6.07) is 4.27. The molecule has 0 aliphatic heterocycles. The first-order valence-electron chi connectivity index (χ1n) is 4.67. The molecule has 0 unspecified atom stereocenters. The molecule has 1 aromatic heterocycles. The largest absolute Gasteiger partial charge is 0.398 e. The van der Waals surface area contributed by atoms with Crippen molar-refractivity contribution in [3.8, 4) is 0 Å². The van der Waals surface area contributed by atoms with Crippen molar-refractivity contribution in [1.29, 1.82) is 0 Å². The Kier molecular flexibility index (Phi) is 2.82. The Hall–Kier alpha value is -1.56. The average Bonchev–Trinajstić information content (AvgIpc) is 2.55. The molecule has 0 fully saturated rings. The molecule has 2 aromatic rings. The fourth-order valence-electron chi connectivity index (χ4n) is 1.17. The molecule has 0 spiro atoms. The zero-order valence-electron chi connectivity index (χ0n) is 8.94. The highest BCUT2D eigenvalue weighted by atomic mass is 32.2. The normalized spacial score (nSPS) is 10.7. The van der Waals surface area contributed by atoms with E-state index in [-0.39, 0.29) is 5.82 Å². The topological polar surface area (TPSA) is 56.7 Å². The van der Waals surface area contributed by atoms with Gasteiger partial charge in [0, 0.05) is 17.6 Å². The predicted octanol–water partition coefficient (Wildman–Crippen LogP) is 2.00. The van der Waals surface area contributed by atoms with Gasteiger partial charge >= 0.3 is 0 Å². The van der Waals surface area contributed by atoms with Gasteiger partial charge in [-0.15, -0.1) is 10.2 Å². The number of rotatable bonds is 2. The van der Waals surface area contributed by atoms with Crippen LogP contribution in [0.2, 0.25) is 0 Å². The summed E-state index contributed by atoms with van der Waals surface area (Å²) in [5.41, 5.74) is 6.28. The third-order valence-electron chi connectivity index (χ3n) is 2.23.